The van der Waals surface area contributed by atoms with E-state index in [-0.39, 0.29) is 0 Å². The van der Waals surface area contributed by atoms with Crippen molar-refractivity contribution < 1.29 is 0 Å². The topological polar surface area (TPSA) is 29.3 Å². The van der Waals surface area contributed by atoms with E-state index in [0.717, 1.165) is 11.4 Å². The molecule has 2 aromatic carbocycles. The van der Waals surface area contributed by atoms with Gasteiger partial charge in [-0.3, -0.25) is 0 Å². The van der Waals surface area contributed by atoms with Crippen LogP contribution in [-0.2, 0) is 0 Å². The van der Waals surface area contributed by atoms with E-state index >= 15 is 0 Å². The number of hydrogen-bond donors (Lipinski definition) is 1. The normalized spacial score (nSPS) is 10.3. The third-order valence-corrected chi connectivity index (χ3v) is 3.22. The molecule has 0 radical (unpaired) electrons. The molecule has 0 atom stereocenters. The van der Waals surface area contributed by atoms with E-state index in [1.54, 1.807) is 0 Å². The summed E-state index contributed by atoms with van der Waals surface area (Å²) in [5.41, 5.74) is 11.5. The second-order valence-electron chi connectivity index (χ2n) is 4.37. The summed E-state index contributed by atoms with van der Waals surface area (Å²) >= 11 is 0. The number of anilines is 3. The number of benzene rings is 2. The number of rotatable bonds is 2. The molecule has 2 rings (SSSR count). The molecule has 2 N–H and O–H groups in total. The zero-order chi connectivity index (χ0) is 12.4. The highest BCUT2D eigenvalue weighted by molar-refractivity contribution is 5.67. The molecule has 0 aliphatic carbocycles. The Labute approximate surface area is 103 Å². The summed E-state index contributed by atoms with van der Waals surface area (Å²) < 4.78 is 0. The highest BCUT2D eigenvalue weighted by Gasteiger charge is 2.07. The van der Waals surface area contributed by atoms with Crippen molar-refractivity contribution in [2.24, 2.45) is 0 Å². The molecular formula is C15H18N2. The van der Waals surface area contributed by atoms with Gasteiger partial charge < -0.3 is 10.6 Å². The zero-order valence-electron chi connectivity index (χ0n) is 10.6. The lowest BCUT2D eigenvalue weighted by molar-refractivity contribution is 1.17. The first-order valence-electron chi connectivity index (χ1n) is 5.75. The van der Waals surface area contributed by atoms with E-state index in [4.69, 9.17) is 5.73 Å². The molecule has 0 heterocycles. The molecule has 0 bridgehead atoms. The summed E-state index contributed by atoms with van der Waals surface area (Å²) in [6.07, 6.45) is 0. The fraction of sp³-hybridized carbons (Fsp3) is 0.200. The highest BCUT2D eigenvalue weighted by Crippen LogP contribution is 2.28. The minimum atomic E-state index is 0.795. The predicted molar refractivity (Wildman–Crippen MR) is 74.8 cm³/mol. The molecule has 0 aromatic heterocycles. The summed E-state index contributed by atoms with van der Waals surface area (Å²) in [6, 6.07) is 14.3. The molecule has 17 heavy (non-hydrogen) atoms. The Bertz CT molecular complexity index is 515. The van der Waals surface area contributed by atoms with E-state index in [0.29, 0.717) is 0 Å². The van der Waals surface area contributed by atoms with Crippen molar-refractivity contribution in [3.05, 3.63) is 53.6 Å². The van der Waals surface area contributed by atoms with E-state index in [1.165, 1.54) is 16.8 Å². The quantitative estimate of drug-likeness (QED) is 0.792. The van der Waals surface area contributed by atoms with Gasteiger partial charge in [0.25, 0.3) is 0 Å². The number of hydrogen-bond acceptors (Lipinski definition) is 2. The Morgan fingerprint density at radius 2 is 1.59 bits per heavy atom. The molecule has 0 aliphatic rings. The van der Waals surface area contributed by atoms with Crippen LogP contribution < -0.4 is 10.6 Å². The third kappa shape index (κ3) is 2.26. The van der Waals surface area contributed by atoms with Crippen LogP contribution in [0.15, 0.2) is 42.5 Å². The smallest absolute Gasteiger partial charge is 0.0440 e. The number of nitrogen functional groups attached to an aromatic ring is 1. The SMILES string of the molecule is Cc1cccc(N(C)c2ccc(N)cc2)c1C. The summed E-state index contributed by atoms with van der Waals surface area (Å²) in [6.45, 7) is 4.29. The first-order valence-corrected chi connectivity index (χ1v) is 5.75. The van der Waals surface area contributed by atoms with Crippen LogP contribution in [0.2, 0.25) is 0 Å². The molecule has 0 unspecified atom stereocenters. The van der Waals surface area contributed by atoms with E-state index < -0.39 is 0 Å². The molecule has 0 spiro atoms. The van der Waals surface area contributed by atoms with Gasteiger partial charge in [0, 0.05) is 24.1 Å². The van der Waals surface area contributed by atoms with Crippen LogP contribution in [0, 0.1) is 13.8 Å². The molecule has 0 aliphatic heterocycles. The Morgan fingerprint density at radius 1 is 0.941 bits per heavy atom. The molecule has 0 fully saturated rings. The van der Waals surface area contributed by atoms with Crippen molar-refractivity contribution in [3.8, 4) is 0 Å². The first-order chi connectivity index (χ1) is 8.09. The van der Waals surface area contributed by atoms with Gasteiger partial charge in [0.2, 0.25) is 0 Å². The average Bonchev–Trinajstić information content (AvgIpc) is 2.33. The van der Waals surface area contributed by atoms with Crippen LogP contribution in [0.25, 0.3) is 0 Å². The number of nitrogens with two attached hydrogens (primary N) is 1. The van der Waals surface area contributed by atoms with Gasteiger partial charge >= 0.3 is 0 Å². The van der Waals surface area contributed by atoms with Gasteiger partial charge in [0.1, 0.15) is 0 Å². The standard InChI is InChI=1S/C15H18N2/c1-11-5-4-6-15(12(11)2)17(3)14-9-7-13(16)8-10-14/h4-10H,16H2,1-3H3. The van der Waals surface area contributed by atoms with Gasteiger partial charge in [-0.2, -0.15) is 0 Å². The van der Waals surface area contributed by atoms with Crippen LogP contribution in [0.1, 0.15) is 11.1 Å². The molecule has 88 valence electrons. The lowest BCUT2D eigenvalue weighted by Gasteiger charge is -2.22. The van der Waals surface area contributed by atoms with Gasteiger partial charge in [-0.25, -0.2) is 0 Å². The van der Waals surface area contributed by atoms with Crippen LogP contribution in [0.4, 0.5) is 17.1 Å². The second kappa shape index (κ2) is 4.50. The number of aryl methyl sites for hydroxylation is 1. The van der Waals surface area contributed by atoms with Crippen molar-refractivity contribution in [2.75, 3.05) is 17.7 Å². The summed E-state index contributed by atoms with van der Waals surface area (Å²) in [7, 11) is 2.08. The fourth-order valence-electron chi connectivity index (χ4n) is 1.94. The van der Waals surface area contributed by atoms with Crippen molar-refractivity contribution in [1.82, 2.24) is 0 Å². The molecule has 0 saturated carbocycles. The highest BCUT2D eigenvalue weighted by atomic mass is 15.1. The molecule has 0 saturated heterocycles. The maximum absolute atomic E-state index is 5.70. The van der Waals surface area contributed by atoms with E-state index in [2.05, 4.69) is 44.0 Å². The largest absolute Gasteiger partial charge is 0.399 e. The summed E-state index contributed by atoms with van der Waals surface area (Å²) in [5, 5.41) is 0. The maximum atomic E-state index is 5.70. The minimum Gasteiger partial charge on any atom is -0.399 e. The Balaban J connectivity index is 2.40. The lowest BCUT2D eigenvalue weighted by atomic mass is 10.1. The first kappa shape index (κ1) is 11.5. The Kier molecular flexibility index (Phi) is 3.05. The van der Waals surface area contributed by atoms with Crippen LogP contribution >= 0.6 is 0 Å². The molecule has 2 heteroatoms. The van der Waals surface area contributed by atoms with Crippen molar-refractivity contribution in [1.29, 1.82) is 0 Å². The summed E-state index contributed by atoms with van der Waals surface area (Å²) in [4.78, 5) is 2.18. The Hall–Kier alpha value is -1.96. The van der Waals surface area contributed by atoms with E-state index in [1.807, 2.05) is 24.3 Å². The van der Waals surface area contributed by atoms with Crippen LogP contribution in [-0.4, -0.2) is 7.05 Å². The third-order valence-electron chi connectivity index (χ3n) is 3.22. The number of nitrogens with zero attached hydrogens (tertiary/aromatic N) is 1. The average molecular weight is 226 g/mol. The van der Waals surface area contributed by atoms with Gasteiger partial charge in [0.15, 0.2) is 0 Å². The van der Waals surface area contributed by atoms with Crippen molar-refractivity contribution in [3.63, 3.8) is 0 Å². The fourth-order valence-corrected chi connectivity index (χ4v) is 1.94. The van der Waals surface area contributed by atoms with E-state index in [9.17, 15) is 0 Å². The van der Waals surface area contributed by atoms with Gasteiger partial charge in [-0.15, -0.1) is 0 Å². The molecule has 0 amide bonds. The zero-order valence-corrected chi connectivity index (χ0v) is 10.6. The van der Waals surface area contributed by atoms with Crippen LogP contribution in [0.5, 0.6) is 0 Å². The van der Waals surface area contributed by atoms with Gasteiger partial charge in [0.05, 0.1) is 0 Å². The molecule has 2 aromatic rings. The minimum absolute atomic E-state index is 0.795. The molecule has 2 nitrogen and oxygen atoms in total. The van der Waals surface area contributed by atoms with Crippen molar-refractivity contribution >= 4 is 17.1 Å². The Morgan fingerprint density at radius 3 is 2.24 bits per heavy atom. The lowest BCUT2D eigenvalue weighted by Crippen LogP contribution is -2.11. The predicted octanol–water partition coefficient (Wildman–Crippen LogP) is 3.65. The van der Waals surface area contributed by atoms with Gasteiger partial charge in [-0.1, -0.05) is 12.1 Å². The van der Waals surface area contributed by atoms with Crippen molar-refractivity contribution in [2.45, 2.75) is 13.8 Å². The molecular weight excluding hydrogens is 208 g/mol. The second-order valence-corrected chi connectivity index (χ2v) is 4.37. The monoisotopic (exact) mass is 226 g/mol. The van der Waals surface area contributed by atoms with Crippen LogP contribution in [0.3, 0.4) is 0 Å². The van der Waals surface area contributed by atoms with Gasteiger partial charge in [-0.05, 0) is 55.3 Å². The summed E-state index contributed by atoms with van der Waals surface area (Å²) in [5.74, 6) is 0. The maximum Gasteiger partial charge on any atom is 0.0440 e.